The molecule has 0 spiro atoms. The number of hydrogen-bond donors (Lipinski definition) is 2. The van der Waals surface area contributed by atoms with Crippen molar-refractivity contribution < 1.29 is 14.6 Å². The largest absolute Gasteiger partial charge is 0.490 e. The summed E-state index contributed by atoms with van der Waals surface area (Å²) < 4.78 is 6.28. The van der Waals surface area contributed by atoms with E-state index in [0.717, 1.165) is 56.9 Å². The molecule has 0 radical (unpaired) electrons. The number of ether oxygens (including phenoxy) is 1. The minimum absolute atomic E-state index is 0. The number of carbonyl (C=O) groups excluding carboxylic acids is 1. The van der Waals surface area contributed by atoms with E-state index in [4.69, 9.17) is 4.74 Å². The maximum absolute atomic E-state index is 13.4. The first-order valence-corrected chi connectivity index (χ1v) is 13.0. The van der Waals surface area contributed by atoms with Crippen LogP contribution >= 0.6 is 24.8 Å². The lowest BCUT2D eigenvalue weighted by Crippen LogP contribution is -2.44. The van der Waals surface area contributed by atoms with Crippen molar-refractivity contribution in [2.75, 3.05) is 51.2 Å². The molecule has 2 aromatic rings. The van der Waals surface area contributed by atoms with Gasteiger partial charge in [-0.2, -0.15) is 0 Å². The number of aliphatic hydroxyl groups is 1. The Kier molecular flexibility index (Phi) is 10.5. The molecule has 3 aliphatic heterocycles. The first kappa shape index (κ1) is 29.5. The first-order valence-electron chi connectivity index (χ1n) is 13.0. The second-order valence-electron chi connectivity index (χ2n) is 10.4. The zero-order valence-corrected chi connectivity index (χ0v) is 23.4. The first-order chi connectivity index (χ1) is 17.0. The number of hydrogen-bond acceptors (Lipinski definition) is 6. The second-order valence-corrected chi connectivity index (χ2v) is 10.4. The van der Waals surface area contributed by atoms with Gasteiger partial charge in [0.15, 0.2) is 0 Å². The molecular formula is C28H40Cl2N4O3. The van der Waals surface area contributed by atoms with Crippen molar-refractivity contribution in [3.05, 3.63) is 59.2 Å². The number of anilines is 1. The van der Waals surface area contributed by atoms with Gasteiger partial charge in [0.1, 0.15) is 11.9 Å². The highest BCUT2D eigenvalue weighted by Gasteiger charge is 2.28. The molecule has 0 aromatic heterocycles. The molecule has 2 aromatic carbocycles. The number of nitrogens with one attached hydrogen (secondary N) is 1. The van der Waals surface area contributed by atoms with Crippen molar-refractivity contribution in [1.29, 1.82) is 0 Å². The Morgan fingerprint density at radius 1 is 1.08 bits per heavy atom. The number of likely N-dealkylation sites (N-methyl/N-ethyl adjacent to an activating group) is 1. The van der Waals surface area contributed by atoms with Crippen LogP contribution < -0.4 is 15.0 Å². The molecule has 1 amide bonds. The van der Waals surface area contributed by atoms with Gasteiger partial charge in [0.05, 0.1) is 17.4 Å². The van der Waals surface area contributed by atoms with Crippen LogP contribution in [0.25, 0.3) is 0 Å². The van der Waals surface area contributed by atoms with Crippen LogP contribution in [0.4, 0.5) is 5.69 Å². The fourth-order valence-corrected chi connectivity index (χ4v) is 5.62. The minimum Gasteiger partial charge on any atom is -0.490 e. The summed E-state index contributed by atoms with van der Waals surface area (Å²) in [6.45, 7) is 7.17. The molecule has 3 atom stereocenters. The van der Waals surface area contributed by atoms with E-state index in [1.165, 1.54) is 11.1 Å². The van der Waals surface area contributed by atoms with E-state index in [2.05, 4.69) is 46.3 Å². The second kappa shape index (κ2) is 13.2. The number of benzene rings is 2. The average molecular weight is 552 g/mol. The van der Waals surface area contributed by atoms with E-state index in [-0.39, 0.29) is 36.8 Å². The number of carbonyl (C=O) groups is 1. The number of nitrogens with zero attached hydrogens (tertiary/aromatic N) is 3. The predicted molar refractivity (Wildman–Crippen MR) is 153 cm³/mol. The Morgan fingerprint density at radius 2 is 1.86 bits per heavy atom. The van der Waals surface area contributed by atoms with Gasteiger partial charge in [0.2, 0.25) is 0 Å². The highest BCUT2D eigenvalue weighted by atomic mass is 35.5. The van der Waals surface area contributed by atoms with Crippen molar-refractivity contribution in [1.82, 2.24) is 15.1 Å². The van der Waals surface area contributed by atoms with Crippen LogP contribution in [0.1, 0.15) is 41.3 Å². The lowest BCUT2D eigenvalue weighted by Gasteiger charge is -2.32. The van der Waals surface area contributed by atoms with Crippen molar-refractivity contribution in [2.45, 2.75) is 51.0 Å². The summed E-state index contributed by atoms with van der Waals surface area (Å²) in [4.78, 5) is 19.7. The maximum atomic E-state index is 13.4. The molecule has 9 heteroatoms. The topological polar surface area (TPSA) is 68.3 Å². The SMILES string of the molecule is CC1CC(Oc2ccc3c(c2)N(C)CCN(CC(O)CN2CCc4ccccc4C2)C3=O)CCN1.Cl.Cl. The van der Waals surface area contributed by atoms with E-state index in [9.17, 15) is 9.90 Å². The molecular weight excluding hydrogens is 511 g/mol. The molecule has 204 valence electrons. The molecule has 37 heavy (non-hydrogen) atoms. The molecule has 1 saturated heterocycles. The number of rotatable bonds is 6. The number of β-amino-alcohol motifs (C(OH)–C–C–N with tert-alkyl or cyclic N) is 1. The van der Waals surface area contributed by atoms with Crippen molar-refractivity contribution >= 4 is 36.4 Å². The molecule has 0 saturated carbocycles. The van der Waals surface area contributed by atoms with Crippen LogP contribution in [0.15, 0.2) is 42.5 Å². The summed E-state index contributed by atoms with van der Waals surface area (Å²) in [5, 5.41) is 14.4. The van der Waals surface area contributed by atoms with Gasteiger partial charge in [-0.05, 0) is 56.0 Å². The van der Waals surface area contributed by atoms with Gasteiger partial charge in [0, 0.05) is 58.4 Å². The van der Waals surface area contributed by atoms with Gasteiger partial charge in [-0.15, -0.1) is 24.8 Å². The van der Waals surface area contributed by atoms with Gasteiger partial charge in [-0.25, -0.2) is 0 Å². The van der Waals surface area contributed by atoms with Crippen molar-refractivity contribution in [3.8, 4) is 5.75 Å². The highest BCUT2D eigenvalue weighted by molar-refractivity contribution is 6.00. The van der Waals surface area contributed by atoms with E-state index < -0.39 is 6.10 Å². The van der Waals surface area contributed by atoms with Gasteiger partial charge in [0.25, 0.3) is 5.91 Å². The minimum atomic E-state index is -0.583. The smallest absolute Gasteiger partial charge is 0.256 e. The molecule has 7 nitrogen and oxygen atoms in total. The van der Waals surface area contributed by atoms with Crippen LogP contribution in [0.2, 0.25) is 0 Å². The van der Waals surface area contributed by atoms with Crippen LogP contribution in [-0.2, 0) is 13.0 Å². The molecule has 3 aliphatic rings. The lowest BCUT2D eigenvalue weighted by atomic mass is 10.00. The number of halogens is 2. The third kappa shape index (κ3) is 7.09. The zero-order valence-electron chi connectivity index (χ0n) is 21.8. The standard InChI is InChI=1S/C28H38N4O3.2ClH/c1-20-15-25(9-11-29-20)35-24-7-8-26-27(16-24)30(2)13-14-32(28(26)34)19-23(33)18-31-12-10-21-5-3-4-6-22(21)17-31;;/h3-8,16,20,23,25,29,33H,9-15,17-19H2,1-2H3;2*1H. The van der Waals surface area contributed by atoms with Gasteiger partial charge in [-0.3, -0.25) is 9.69 Å². The van der Waals surface area contributed by atoms with Gasteiger partial charge >= 0.3 is 0 Å². The Balaban J connectivity index is 0.00000190. The van der Waals surface area contributed by atoms with Crippen LogP contribution in [0.3, 0.4) is 0 Å². The number of piperidine rings is 1. The van der Waals surface area contributed by atoms with Crippen molar-refractivity contribution in [3.63, 3.8) is 0 Å². The van der Waals surface area contributed by atoms with E-state index in [1.54, 1.807) is 4.90 Å². The monoisotopic (exact) mass is 550 g/mol. The Hall–Kier alpha value is -2.03. The predicted octanol–water partition coefficient (Wildman–Crippen LogP) is 3.36. The summed E-state index contributed by atoms with van der Waals surface area (Å²) >= 11 is 0. The Labute approximate surface area is 233 Å². The molecule has 0 bridgehead atoms. The van der Waals surface area contributed by atoms with Crippen molar-refractivity contribution in [2.24, 2.45) is 0 Å². The molecule has 0 aliphatic carbocycles. The molecule has 3 unspecified atom stereocenters. The summed E-state index contributed by atoms with van der Waals surface area (Å²) in [5.74, 6) is 0.802. The summed E-state index contributed by atoms with van der Waals surface area (Å²) in [6, 6.07) is 14.8. The van der Waals surface area contributed by atoms with Crippen LogP contribution in [0, 0.1) is 0 Å². The number of aliphatic hydroxyl groups excluding tert-OH is 1. The van der Waals surface area contributed by atoms with E-state index in [1.807, 2.05) is 25.2 Å². The third-order valence-corrected chi connectivity index (χ3v) is 7.59. The Morgan fingerprint density at radius 3 is 2.65 bits per heavy atom. The lowest BCUT2D eigenvalue weighted by molar-refractivity contribution is 0.0521. The van der Waals surface area contributed by atoms with Crippen LogP contribution in [0.5, 0.6) is 5.75 Å². The molecule has 3 heterocycles. The van der Waals surface area contributed by atoms with E-state index >= 15 is 0 Å². The molecule has 1 fully saturated rings. The Bertz CT molecular complexity index is 1060. The quantitative estimate of drug-likeness (QED) is 0.574. The molecule has 5 rings (SSSR count). The summed E-state index contributed by atoms with van der Waals surface area (Å²) in [6.07, 6.45) is 2.60. The normalized spacial score (nSPS) is 22.6. The maximum Gasteiger partial charge on any atom is 0.256 e. The zero-order chi connectivity index (χ0) is 24.4. The fourth-order valence-electron chi connectivity index (χ4n) is 5.62. The molecule has 2 N–H and O–H groups in total. The van der Waals surface area contributed by atoms with Gasteiger partial charge in [-0.1, -0.05) is 24.3 Å². The van der Waals surface area contributed by atoms with Gasteiger partial charge < -0.3 is 25.0 Å². The summed E-state index contributed by atoms with van der Waals surface area (Å²) in [7, 11) is 2.02. The highest BCUT2D eigenvalue weighted by Crippen LogP contribution is 2.30. The average Bonchev–Trinajstić information content (AvgIpc) is 2.96. The number of amides is 1. The summed E-state index contributed by atoms with van der Waals surface area (Å²) in [5.41, 5.74) is 4.32. The third-order valence-electron chi connectivity index (χ3n) is 7.59. The van der Waals surface area contributed by atoms with Crippen LogP contribution in [-0.4, -0.2) is 85.4 Å². The number of fused-ring (bicyclic) bond motifs is 2. The fraction of sp³-hybridized carbons (Fsp3) is 0.536. The van der Waals surface area contributed by atoms with E-state index in [0.29, 0.717) is 31.2 Å².